The van der Waals surface area contributed by atoms with Gasteiger partial charge < -0.3 is 9.64 Å². The zero-order valence-electron chi connectivity index (χ0n) is 12.9. The fourth-order valence-corrected chi connectivity index (χ4v) is 4.13. The number of anilines is 1. The molecule has 0 bridgehead atoms. The number of halogens is 1. The maximum Gasteiger partial charge on any atom is 0.249 e. The third kappa shape index (κ3) is 4.29. The Hall–Kier alpha value is -1.55. The highest BCUT2D eigenvalue weighted by Gasteiger charge is 2.23. The maximum absolute atomic E-state index is 12.9. The molecule has 0 aliphatic carbocycles. The van der Waals surface area contributed by atoms with Crippen molar-refractivity contribution in [2.75, 3.05) is 18.0 Å². The summed E-state index contributed by atoms with van der Waals surface area (Å²) in [5.41, 5.74) is 0.941. The molecule has 1 aromatic carbocycles. The third-order valence-electron chi connectivity index (χ3n) is 3.86. The van der Waals surface area contributed by atoms with Gasteiger partial charge in [-0.3, -0.25) is 0 Å². The first-order valence-electron chi connectivity index (χ1n) is 7.51. The average molecular weight is 371 g/mol. The largest absolute Gasteiger partial charge is 0.373 e. The number of nitrogens with zero attached hydrogens (tertiary/aromatic N) is 2. The summed E-state index contributed by atoms with van der Waals surface area (Å²) in [7, 11) is -3.70. The number of sulfonamides is 1. The number of nitrogens with two attached hydrogens (primary N) is 1. The minimum absolute atomic E-state index is 0.0761. The number of piperidine rings is 1. The number of aromatic nitrogens is 1. The molecular weight excluding hydrogens is 353 g/mol. The van der Waals surface area contributed by atoms with Crippen LogP contribution < -0.4 is 10.0 Å². The first kappa shape index (κ1) is 17.3. The van der Waals surface area contributed by atoms with Crippen molar-refractivity contribution in [1.82, 2.24) is 4.98 Å². The summed E-state index contributed by atoms with van der Waals surface area (Å²) in [6.45, 7) is 1.94. The van der Waals surface area contributed by atoms with Gasteiger partial charge in [-0.25, -0.2) is 22.9 Å². The predicted molar refractivity (Wildman–Crippen MR) is 89.9 cm³/mol. The molecule has 0 unspecified atom stereocenters. The lowest BCUT2D eigenvalue weighted by molar-refractivity contribution is 0.0251. The Morgan fingerprint density at radius 1 is 1.29 bits per heavy atom. The van der Waals surface area contributed by atoms with Crippen molar-refractivity contribution in [3.8, 4) is 0 Å². The summed E-state index contributed by atoms with van der Waals surface area (Å²) >= 11 is 1.08. The lowest BCUT2D eigenvalue weighted by atomic mass is 10.1. The number of benzene rings is 1. The maximum atomic E-state index is 12.9. The number of hydrogen-bond acceptors (Lipinski definition) is 6. The van der Waals surface area contributed by atoms with Crippen LogP contribution in [0.25, 0.3) is 0 Å². The van der Waals surface area contributed by atoms with E-state index in [0.717, 1.165) is 42.8 Å². The molecule has 1 aromatic heterocycles. The normalized spacial score (nSPS) is 16.5. The van der Waals surface area contributed by atoms with Crippen molar-refractivity contribution in [2.24, 2.45) is 5.14 Å². The summed E-state index contributed by atoms with van der Waals surface area (Å²) in [4.78, 5) is 6.18. The molecule has 0 radical (unpaired) electrons. The third-order valence-corrected chi connectivity index (χ3v) is 6.33. The highest BCUT2D eigenvalue weighted by molar-refractivity contribution is 7.91. The Kier molecular flexibility index (Phi) is 5.14. The van der Waals surface area contributed by atoms with Crippen molar-refractivity contribution >= 4 is 26.5 Å². The van der Waals surface area contributed by atoms with E-state index < -0.39 is 10.0 Å². The van der Waals surface area contributed by atoms with E-state index in [1.54, 1.807) is 12.1 Å². The van der Waals surface area contributed by atoms with Gasteiger partial charge in [-0.2, -0.15) is 0 Å². The SMILES string of the molecule is NS(=O)(=O)c1cnc(N2CCC(OCc3ccc(F)cc3)CC2)s1. The number of hydrogen-bond donors (Lipinski definition) is 1. The van der Waals surface area contributed by atoms with Crippen molar-refractivity contribution in [1.29, 1.82) is 0 Å². The molecule has 1 fully saturated rings. The van der Waals surface area contributed by atoms with E-state index in [2.05, 4.69) is 4.98 Å². The number of thiazole rings is 1. The molecule has 0 saturated carbocycles. The van der Waals surface area contributed by atoms with Gasteiger partial charge in [0.15, 0.2) is 9.34 Å². The monoisotopic (exact) mass is 371 g/mol. The van der Waals surface area contributed by atoms with E-state index in [-0.39, 0.29) is 16.1 Å². The fourth-order valence-electron chi connectivity index (χ4n) is 2.54. The van der Waals surface area contributed by atoms with Gasteiger partial charge in [-0.1, -0.05) is 23.5 Å². The standard InChI is InChI=1S/C15H18FN3O3S2/c16-12-3-1-11(2-4-12)10-22-13-5-7-19(8-6-13)15-18-9-14(23-15)24(17,20)21/h1-4,9,13H,5-8,10H2,(H2,17,20,21). The van der Waals surface area contributed by atoms with Crippen LogP contribution in [0.3, 0.4) is 0 Å². The molecule has 3 rings (SSSR count). The molecule has 1 saturated heterocycles. The van der Waals surface area contributed by atoms with Gasteiger partial charge in [0.05, 0.1) is 18.9 Å². The van der Waals surface area contributed by atoms with E-state index in [9.17, 15) is 12.8 Å². The van der Waals surface area contributed by atoms with Gasteiger partial charge in [0.2, 0.25) is 10.0 Å². The Morgan fingerprint density at radius 2 is 1.96 bits per heavy atom. The Labute approximate surface area is 144 Å². The zero-order valence-corrected chi connectivity index (χ0v) is 14.5. The van der Waals surface area contributed by atoms with Crippen LogP contribution in [-0.4, -0.2) is 32.6 Å². The summed E-state index contributed by atoms with van der Waals surface area (Å²) in [6.07, 6.45) is 3.08. The minimum atomic E-state index is -3.70. The van der Waals surface area contributed by atoms with Gasteiger partial charge in [0, 0.05) is 13.1 Å². The molecular formula is C15H18FN3O3S2. The Balaban J connectivity index is 1.50. The van der Waals surface area contributed by atoms with Crippen molar-refractivity contribution in [3.05, 3.63) is 41.8 Å². The summed E-state index contributed by atoms with van der Waals surface area (Å²) in [5, 5.41) is 5.77. The molecule has 6 nitrogen and oxygen atoms in total. The van der Waals surface area contributed by atoms with Gasteiger partial charge in [-0.05, 0) is 30.5 Å². The van der Waals surface area contributed by atoms with Crippen LogP contribution in [0.4, 0.5) is 9.52 Å². The van der Waals surface area contributed by atoms with Crippen LogP contribution in [0.1, 0.15) is 18.4 Å². The van der Waals surface area contributed by atoms with E-state index >= 15 is 0 Å². The van der Waals surface area contributed by atoms with Gasteiger partial charge in [-0.15, -0.1) is 0 Å². The molecule has 9 heteroatoms. The lowest BCUT2D eigenvalue weighted by Gasteiger charge is -2.31. The molecule has 0 spiro atoms. The zero-order chi connectivity index (χ0) is 17.2. The molecule has 24 heavy (non-hydrogen) atoms. The first-order chi connectivity index (χ1) is 11.4. The molecule has 1 aliphatic heterocycles. The molecule has 0 amide bonds. The van der Waals surface area contributed by atoms with Crippen molar-refractivity contribution in [3.63, 3.8) is 0 Å². The van der Waals surface area contributed by atoms with Crippen LogP contribution in [-0.2, 0) is 21.4 Å². The van der Waals surface area contributed by atoms with Gasteiger partial charge in [0.1, 0.15) is 5.82 Å². The fraction of sp³-hybridized carbons (Fsp3) is 0.400. The van der Waals surface area contributed by atoms with E-state index in [1.165, 1.54) is 18.3 Å². The van der Waals surface area contributed by atoms with Gasteiger partial charge >= 0.3 is 0 Å². The van der Waals surface area contributed by atoms with Crippen LogP contribution in [0.2, 0.25) is 0 Å². The smallest absolute Gasteiger partial charge is 0.249 e. The summed E-state index contributed by atoms with van der Waals surface area (Å²) in [5.74, 6) is -0.255. The first-order valence-corrected chi connectivity index (χ1v) is 9.88. The molecule has 2 heterocycles. The highest BCUT2D eigenvalue weighted by Crippen LogP contribution is 2.28. The van der Waals surface area contributed by atoms with E-state index in [0.29, 0.717) is 11.7 Å². The average Bonchev–Trinajstić information content (AvgIpc) is 3.05. The number of ether oxygens (including phenoxy) is 1. The molecule has 130 valence electrons. The minimum Gasteiger partial charge on any atom is -0.373 e. The van der Waals surface area contributed by atoms with Gasteiger partial charge in [0.25, 0.3) is 0 Å². The number of primary sulfonamides is 1. The van der Waals surface area contributed by atoms with Crippen LogP contribution in [0, 0.1) is 5.82 Å². The highest BCUT2D eigenvalue weighted by atomic mass is 32.2. The quantitative estimate of drug-likeness (QED) is 0.870. The molecule has 2 aromatic rings. The van der Waals surface area contributed by atoms with Crippen LogP contribution in [0.5, 0.6) is 0 Å². The molecule has 0 atom stereocenters. The topological polar surface area (TPSA) is 85.5 Å². The van der Waals surface area contributed by atoms with E-state index in [1.807, 2.05) is 4.90 Å². The Bertz CT molecular complexity index is 785. The molecule has 2 N–H and O–H groups in total. The summed E-state index contributed by atoms with van der Waals surface area (Å²) < 4.78 is 41.4. The van der Waals surface area contributed by atoms with E-state index in [4.69, 9.17) is 9.88 Å². The number of rotatable bonds is 5. The second-order valence-electron chi connectivity index (χ2n) is 5.63. The predicted octanol–water partition coefficient (Wildman–Crippen LogP) is 2.12. The summed E-state index contributed by atoms with van der Waals surface area (Å²) in [6, 6.07) is 6.28. The second-order valence-corrected chi connectivity index (χ2v) is 8.43. The second kappa shape index (κ2) is 7.14. The lowest BCUT2D eigenvalue weighted by Crippen LogP contribution is -2.36. The molecule has 1 aliphatic rings. The van der Waals surface area contributed by atoms with Crippen LogP contribution >= 0.6 is 11.3 Å². The Morgan fingerprint density at radius 3 is 2.54 bits per heavy atom. The van der Waals surface area contributed by atoms with Crippen LogP contribution in [0.15, 0.2) is 34.7 Å². The van der Waals surface area contributed by atoms with Crippen molar-refractivity contribution in [2.45, 2.75) is 29.8 Å². The van der Waals surface area contributed by atoms with Crippen molar-refractivity contribution < 1.29 is 17.5 Å².